The Morgan fingerprint density at radius 2 is 1.88 bits per heavy atom. The third kappa shape index (κ3) is 5.12. The summed E-state index contributed by atoms with van der Waals surface area (Å²) in [5.41, 5.74) is 0.719. The number of halogens is 1. The molecule has 7 nitrogen and oxygen atoms in total. The van der Waals surface area contributed by atoms with E-state index in [0.29, 0.717) is 5.75 Å². The van der Waals surface area contributed by atoms with Gasteiger partial charge in [-0.15, -0.1) is 0 Å². The van der Waals surface area contributed by atoms with Crippen LogP contribution in [0, 0.1) is 0 Å². The van der Waals surface area contributed by atoms with Crippen LogP contribution in [0.25, 0.3) is 0 Å². The first-order chi connectivity index (χ1) is 12.1. The SMILES string of the molecule is COC(=O)CC(c1ccccc1Oc1cc(Cl)ncn1)C(OC)OC. The van der Waals surface area contributed by atoms with Crippen LogP contribution in [-0.4, -0.2) is 43.6 Å². The highest BCUT2D eigenvalue weighted by Gasteiger charge is 2.29. The lowest BCUT2D eigenvalue weighted by atomic mass is 9.94. The largest absolute Gasteiger partial charge is 0.469 e. The number of aromatic nitrogens is 2. The Kier molecular flexibility index (Phi) is 7.12. The average molecular weight is 367 g/mol. The van der Waals surface area contributed by atoms with Crippen molar-refractivity contribution in [1.82, 2.24) is 9.97 Å². The first-order valence-electron chi connectivity index (χ1n) is 7.45. The lowest BCUT2D eigenvalue weighted by Gasteiger charge is -2.25. The molecular formula is C17H19ClN2O5. The van der Waals surface area contributed by atoms with Crippen molar-refractivity contribution in [2.24, 2.45) is 0 Å². The van der Waals surface area contributed by atoms with Gasteiger partial charge in [-0.2, -0.15) is 0 Å². The quantitative estimate of drug-likeness (QED) is 0.403. The Morgan fingerprint density at radius 3 is 2.52 bits per heavy atom. The van der Waals surface area contributed by atoms with Gasteiger partial charge in [0.2, 0.25) is 5.88 Å². The minimum absolute atomic E-state index is 0.0632. The van der Waals surface area contributed by atoms with Gasteiger partial charge in [0.05, 0.1) is 13.5 Å². The smallest absolute Gasteiger partial charge is 0.306 e. The van der Waals surface area contributed by atoms with E-state index < -0.39 is 12.2 Å². The maximum Gasteiger partial charge on any atom is 0.306 e. The zero-order valence-electron chi connectivity index (χ0n) is 14.1. The zero-order valence-corrected chi connectivity index (χ0v) is 14.9. The summed E-state index contributed by atoms with van der Waals surface area (Å²) in [6, 6.07) is 8.74. The van der Waals surface area contributed by atoms with Crippen molar-refractivity contribution in [3.63, 3.8) is 0 Å². The first-order valence-corrected chi connectivity index (χ1v) is 7.83. The van der Waals surface area contributed by atoms with Gasteiger partial charge < -0.3 is 18.9 Å². The molecule has 1 unspecified atom stereocenters. The predicted molar refractivity (Wildman–Crippen MR) is 90.7 cm³/mol. The lowest BCUT2D eigenvalue weighted by molar-refractivity contribution is -0.149. The van der Waals surface area contributed by atoms with Crippen molar-refractivity contribution >= 4 is 17.6 Å². The summed E-state index contributed by atoms with van der Waals surface area (Å²) in [7, 11) is 4.34. The van der Waals surface area contributed by atoms with Crippen LogP contribution in [0.5, 0.6) is 11.6 Å². The standard InChI is InChI=1S/C17H19ClN2O5/c1-22-16(21)8-12(17(23-2)24-3)11-6-4-5-7-13(11)25-15-9-14(18)19-10-20-15/h4-7,9-10,12,17H,8H2,1-3H3. The van der Waals surface area contributed by atoms with Gasteiger partial charge in [-0.3, -0.25) is 4.79 Å². The number of benzene rings is 1. The molecule has 0 N–H and O–H groups in total. The summed E-state index contributed by atoms with van der Waals surface area (Å²) >= 11 is 5.86. The maximum atomic E-state index is 11.8. The summed E-state index contributed by atoms with van der Waals surface area (Å²) in [6.07, 6.45) is 0.713. The monoisotopic (exact) mass is 366 g/mol. The lowest BCUT2D eigenvalue weighted by Crippen LogP contribution is -2.26. The van der Waals surface area contributed by atoms with Crippen LogP contribution in [-0.2, 0) is 19.0 Å². The molecule has 0 fully saturated rings. The molecule has 0 saturated carbocycles. The number of methoxy groups -OCH3 is 3. The number of nitrogens with zero attached hydrogens (tertiary/aromatic N) is 2. The molecule has 8 heteroatoms. The molecular weight excluding hydrogens is 348 g/mol. The fourth-order valence-corrected chi connectivity index (χ4v) is 2.54. The van der Waals surface area contributed by atoms with Crippen LogP contribution in [0.3, 0.4) is 0 Å². The second-order valence-corrected chi connectivity index (χ2v) is 5.43. The number of carbonyl (C=O) groups excluding carboxylic acids is 1. The molecule has 1 aromatic carbocycles. The van der Waals surface area contributed by atoms with Crippen molar-refractivity contribution < 1.29 is 23.7 Å². The molecule has 0 aliphatic carbocycles. The van der Waals surface area contributed by atoms with Crippen LogP contribution in [0.15, 0.2) is 36.7 Å². The van der Waals surface area contributed by atoms with Crippen molar-refractivity contribution in [1.29, 1.82) is 0 Å². The molecule has 2 aromatic rings. The minimum atomic E-state index is -0.655. The van der Waals surface area contributed by atoms with Gasteiger partial charge in [0, 0.05) is 31.8 Å². The normalized spacial score (nSPS) is 12.0. The Bertz CT molecular complexity index is 709. The second-order valence-electron chi connectivity index (χ2n) is 5.05. The number of esters is 1. The molecule has 0 aliphatic rings. The summed E-state index contributed by atoms with van der Waals surface area (Å²) in [5, 5.41) is 0.264. The highest BCUT2D eigenvalue weighted by Crippen LogP contribution is 2.35. The van der Waals surface area contributed by atoms with Crippen LogP contribution >= 0.6 is 11.6 Å². The molecule has 1 atom stereocenters. The molecule has 1 aromatic heterocycles. The summed E-state index contributed by atoms with van der Waals surface area (Å²) < 4.78 is 21.3. The highest BCUT2D eigenvalue weighted by molar-refractivity contribution is 6.29. The van der Waals surface area contributed by atoms with E-state index in [1.165, 1.54) is 33.7 Å². The summed E-state index contributed by atoms with van der Waals surface area (Å²) in [6.45, 7) is 0. The van der Waals surface area contributed by atoms with E-state index in [9.17, 15) is 4.79 Å². The minimum Gasteiger partial charge on any atom is -0.469 e. The molecule has 0 saturated heterocycles. The van der Waals surface area contributed by atoms with Gasteiger partial charge in [0.25, 0.3) is 0 Å². The van der Waals surface area contributed by atoms with E-state index in [2.05, 4.69) is 9.97 Å². The number of hydrogen-bond acceptors (Lipinski definition) is 7. The molecule has 0 spiro atoms. The molecule has 134 valence electrons. The van der Waals surface area contributed by atoms with E-state index in [0.717, 1.165) is 5.56 Å². The van der Waals surface area contributed by atoms with Gasteiger partial charge in [0.1, 0.15) is 17.2 Å². The highest BCUT2D eigenvalue weighted by atomic mass is 35.5. The number of ether oxygens (including phenoxy) is 4. The first kappa shape index (κ1) is 19.1. The Hall–Kier alpha value is -2.22. The van der Waals surface area contributed by atoms with E-state index in [-0.39, 0.29) is 23.4 Å². The van der Waals surface area contributed by atoms with Crippen LogP contribution in [0.1, 0.15) is 17.9 Å². The maximum absolute atomic E-state index is 11.8. The zero-order chi connectivity index (χ0) is 18.2. The topological polar surface area (TPSA) is 79.8 Å². The van der Waals surface area contributed by atoms with Gasteiger partial charge in [0.15, 0.2) is 6.29 Å². The second kappa shape index (κ2) is 9.31. The fourth-order valence-electron chi connectivity index (χ4n) is 2.41. The molecule has 0 aliphatic heterocycles. The molecule has 0 bridgehead atoms. The molecule has 25 heavy (non-hydrogen) atoms. The Labute approximate surface area is 150 Å². The van der Waals surface area contributed by atoms with Gasteiger partial charge in [-0.1, -0.05) is 29.8 Å². The number of para-hydroxylation sites is 1. The van der Waals surface area contributed by atoms with Crippen LogP contribution < -0.4 is 4.74 Å². The van der Waals surface area contributed by atoms with E-state index in [1.54, 1.807) is 6.07 Å². The van der Waals surface area contributed by atoms with Crippen molar-refractivity contribution in [3.8, 4) is 11.6 Å². The number of rotatable bonds is 8. The molecule has 2 rings (SSSR count). The van der Waals surface area contributed by atoms with Crippen molar-refractivity contribution in [2.75, 3.05) is 21.3 Å². The van der Waals surface area contributed by atoms with Crippen LogP contribution in [0.4, 0.5) is 0 Å². The third-order valence-electron chi connectivity index (χ3n) is 3.55. The number of carbonyl (C=O) groups is 1. The molecule has 1 heterocycles. The molecule has 0 amide bonds. The van der Waals surface area contributed by atoms with E-state index in [1.807, 2.05) is 18.2 Å². The Morgan fingerprint density at radius 1 is 1.16 bits per heavy atom. The summed E-state index contributed by atoms with van der Waals surface area (Å²) in [5.74, 6) is -0.0270. The number of hydrogen-bond donors (Lipinski definition) is 0. The summed E-state index contributed by atoms with van der Waals surface area (Å²) in [4.78, 5) is 19.7. The van der Waals surface area contributed by atoms with Crippen molar-refractivity contribution in [3.05, 3.63) is 47.4 Å². The molecule has 0 radical (unpaired) electrons. The van der Waals surface area contributed by atoms with Gasteiger partial charge in [-0.05, 0) is 6.07 Å². The van der Waals surface area contributed by atoms with Gasteiger partial charge >= 0.3 is 5.97 Å². The van der Waals surface area contributed by atoms with E-state index >= 15 is 0 Å². The van der Waals surface area contributed by atoms with Crippen molar-refractivity contribution in [2.45, 2.75) is 18.6 Å². The van der Waals surface area contributed by atoms with E-state index in [4.69, 9.17) is 30.5 Å². The Balaban J connectivity index is 2.38. The average Bonchev–Trinajstić information content (AvgIpc) is 2.62. The van der Waals surface area contributed by atoms with Crippen LogP contribution in [0.2, 0.25) is 5.15 Å². The fraction of sp³-hybridized carbons (Fsp3) is 0.353. The predicted octanol–water partition coefficient (Wildman–Crippen LogP) is 3.19. The van der Waals surface area contributed by atoms with Gasteiger partial charge in [-0.25, -0.2) is 9.97 Å². The third-order valence-corrected chi connectivity index (χ3v) is 3.76.